The molecule has 0 radical (unpaired) electrons. The minimum atomic E-state index is -0.464. The molecule has 28 heavy (non-hydrogen) atoms. The predicted octanol–water partition coefficient (Wildman–Crippen LogP) is 4.26. The van der Waals surface area contributed by atoms with Crippen LogP contribution in [0.25, 0.3) is 0 Å². The highest BCUT2D eigenvalue weighted by Gasteiger charge is 2.06. The molecule has 3 rings (SSSR count). The van der Waals surface area contributed by atoms with Gasteiger partial charge in [-0.05, 0) is 47.5 Å². The molecule has 0 aliphatic rings. The first kappa shape index (κ1) is 19.0. The Labute approximate surface area is 163 Å². The molecule has 0 spiro atoms. The maximum atomic E-state index is 11.8. The van der Waals surface area contributed by atoms with Gasteiger partial charge in [0.1, 0.15) is 24.7 Å². The smallest absolute Gasteiger partial charge is 0.344 e. The third kappa shape index (κ3) is 5.89. The number of nitriles is 1. The molecule has 3 aromatic carbocycles. The van der Waals surface area contributed by atoms with Gasteiger partial charge in [0, 0.05) is 0 Å². The molecule has 0 unspecified atom stereocenters. The minimum Gasteiger partial charge on any atom is -0.489 e. The van der Waals surface area contributed by atoms with Crippen LogP contribution in [-0.2, 0) is 22.7 Å². The average Bonchev–Trinajstić information content (AvgIpc) is 2.76. The molecular weight excluding hydrogens is 354 g/mol. The van der Waals surface area contributed by atoms with Crippen molar-refractivity contribution in [1.29, 1.82) is 5.26 Å². The first-order valence-corrected chi connectivity index (χ1v) is 8.77. The van der Waals surface area contributed by atoms with Crippen LogP contribution in [0.4, 0.5) is 0 Å². The third-order valence-electron chi connectivity index (χ3n) is 3.91. The number of carbonyl (C=O) groups is 1. The van der Waals surface area contributed by atoms with E-state index in [4.69, 9.17) is 19.5 Å². The molecule has 140 valence electrons. The van der Waals surface area contributed by atoms with Crippen LogP contribution in [0.3, 0.4) is 0 Å². The molecule has 0 saturated carbocycles. The quantitative estimate of drug-likeness (QED) is 0.552. The van der Waals surface area contributed by atoms with Gasteiger partial charge in [-0.25, -0.2) is 4.79 Å². The van der Waals surface area contributed by atoms with Gasteiger partial charge in [-0.2, -0.15) is 5.26 Å². The Bertz CT molecular complexity index is 929. The molecule has 5 nitrogen and oxygen atoms in total. The van der Waals surface area contributed by atoms with Crippen molar-refractivity contribution >= 4 is 5.97 Å². The Hall–Kier alpha value is -3.78. The standard InChI is InChI=1S/C23H19NO4/c24-14-18-6-8-20(9-7-18)16-28-23(25)17-27-22-12-10-21(11-13-22)26-15-19-4-2-1-3-5-19/h1-13H,15-17H2. The Balaban J connectivity index is 1.40. The minimum absolute atomic E-state index is 0.139. The number of ether oxygens (including phenoxy) is 3. The van der Waals surface area contributed by atoms with E-state index in [1.54, 1.807) is 48.5 Å². The van der Waals surface area contributed by atoms with Crippen LogP contribution < -0.4 is 9.47 Å². The maximum Gasteiger partial charge on any atom is 0.344 e. The monoisotopic (exact) mass is 373 g/mol. The van der Waals surface area contributed by atoms with E-state index in [0.29, 0.717) is 17.9 Å². The first-order valence-electron chi connectivity index (χ1n) is 8.77. The zero-order valence-corrected chi connectivity index (χ0v) is 15.2. The van der Waals surface area contributed by atoms with Gasteiger partial charge in [0.15, 0.2) is 6.61 Å². The van der Waals surface area contributed by atoms with Crippen LogP contribution in [0.15, 0.2) is 78.9 Å². The second-order valence-corrected chi connectivity index (χ2v) is 6.00. The van der Waals surface area contributed by atoms with Crippen LogP contribution in [0.2, 0.25) is 0 Å². The second kappa shape index (κ2) is 9.79. The molecule has 0 aromatic heterocycles. The van der Waals surface area contributed by atoms with E-state index < -0.39 is 5.97 Å². The van der Waals surface area contributed by atoms with Crippen molar-refractivity contribution in [1.82, 2.24) is 0 Å². The highest BCUT2D eigenvalue weighted by atomic mass is 16.6. The van der Waals surface area contributed by atoms with E-state index in [9.17, 15) is 4.79 Å². The van der Waals surface area contributed by atoms with E-state index >= 15 is 0 Å². The van der Waals surface area contributed by atoms with Crippen molar-refractivity contribution in [2.45, 2.75) is 13.2 Å². The number of benzene rings is 3. The van der Waals surface area contributed by atoms with Crippen LogP contribution in [-0.4, -0.2) is 12.6 Å². The molecule has 0 saturated heterocycles. The number of esters is 1. The summed E-state index contributed by atoms with van der Waals surface area (Å²) in [5.74, 6) is 0.816. The molecular formula is C23H19NO4. The highest BCUT2D eigenvalue weighted by molar-refractivity contribution is 5.71. The normalized spacial score (nSPS) is 9.96. The number of hydrogen-bond donors (Lipinski definition) is 0. The molecule has 0 aliphatic carbocycles. The predicted molar refractivity (Wildman–Crippen MR) is 104 cm³/mol. The summed E-state index contributed by atoms with van der Waals surface area (Å²) in [4.78, 5) is 11.8. The van der Waals surface area contributed by atoms with Crippen LogP contribution in [0.1, 0.15) is 16.7 Å². The van der Waals surface area contributed by atoms with Gasteiger partial charge in [-0.15, -0.1) is 0 Å². The van der Waals surface area contributed by atoms with Crippen molar-refractivity contribution in [3.05, 3.63) is 95.6 Å². The molecule has 0 aliphatic heterocycles. The van der Waals surface area contributed by atoms with E-state index in [-0.39, 0.29) is 13.2 Å². The van der Waals surface area contributed by atoms with Gasteiger partial charge < -0.3 is 14.2 Å². The van der Waals surface area contributed by atoms with Gasteiger partial charge in [0.25, 0.3) is 0 Å². The molecule has 0 fully saturated rings. The molecule has 0 amide bonds. The topological polar surface area (TPSA) is 68.5 Å². The summed E-state index contributed by atoms with van der Waals surface area (Å²) in [5.41, 5.74) is 2.47. The highest BCUT2D eigenvalue weighted by Crippen LogP contribution is 2.18. The van der Waals surface area contributed by atoms with E-state index in [2.05, 4.69) is 0 Å². The lowest BCUT2D eigenvalue weighted by Gasteiger charge is -2.09. The average molecular weight is 373 g/mol. The Morgan fingerprint density at radius 2 is 1.36 bits per heavy atom. The zero-order chi connectivity index (χ0) is 19.6. The number of carbonyl (C=O) groups excluding carboxylic acids is 1. The van der Waals surface area contributed by atoms with Crippen LogP contribution >= 0.6 is 0 Å². The van der Waals surface area contributed by atoms with E-state index in [0.717, 1.165) is 16.9 Å². The van der Waals surface area contributed by atoms with Crippen molar-refractivity contribution in [3.8, 4) is 17.6 Å². The molecule has 0 heterocycles. The second-order valence-electron chi connectivity index (χ2n) is 6.00. The Morgan fingerprint density at radius 1 is 0.750 bits per heavy atom. The summed E-state index contributed by atoms with van der Waals surface area (Å²) < 4.78 is 16.3. The maximum absolute atomic E-state index is 11.8. The van der Waals surface area contributed by atoms with Crippen molar-refractivity contribution < 1.29 is 19.0 Å². The third-order valence-corrected chi connectivity index (χ3v) is 3.91. The summed E-state index contributed by atoms with van der Waals surface area (Å²) in [7, 11) is 0. The summed E-state index contributed by atoms with van der Waals surface area (Å²) in [6, 6.07) is 25.9. The van der Waals surface area contributed by atoms with Crippen molar-refractivity contribution in [2.75, 3.05) is 6.61 Å². The molecule has 0 N–H and O–H groups in total. The van der Waals surface area contributed by atoms with Crippen molar-refractivity contribution in [2.24, 2.45) is 0 Å². The fraction of sp³-hybridized carbons (Fsp3) is 0.130. The molecule has 0 bridgehead atoms. The number of hydrogen-bond acceptors (Lipinski definition) is 5. The molecule has 0 atom stereocenters. The van der Waals surface area contributed by atoms with Gasteiger partial charge in [-0.1, -0.05) is 42.5 Å². The summed E-state index contributed by atoms with van der Waals surface area (Å²) in [5, 5.41) is 8.76. The molecule has 5 heteroatoms. The zero-order valence-electron chi connectivity index (χ0n) is 15.2. The fourth-order valence-corrected chi connectivity index (χ4v) is 2.40. The Morgan fingerprint density at radius 3 is 2.00 bits per heavy atom. The summed E-state index contributed by atoms with van der Waals surface area (Å²) in [6.07, 6.45) is 0. The lowest BCUT2D eigenvalue weighted by Crippen LogP contribution is -2.14. The van der Waals surface area contributed by atoms with Gasteiger partial charge in [0.2, 0.25) is 0 Å². The Kier molecular flexibility index (Phi) is 6.64. The SMILES string of the molecule is N#Cc1ccc(COC(=O)COc2ccc(OCc3ccccc3)cc2)cc1. The number of rotatable bonds is 8. The van der Waals surface area contributed by atoms with E-state index in [1.807, 2.05) is 36.4 Å². The summed E-state index contributed by atoms with van der Waals surface area (Å²) >= 11 is 0. The first-order chi connectivity index (χ1) is 13.7. The van der Waals surface area contributed by atoms with Crippen LogP contribution in [0, 0.1) is 11.3 Å². The fourth-order valence-electron chi connectivity index (χ4n) is 2.40. The van der Waals surface area contributed by atoms with Crippen molar-refractivity contribution in [3.63, 3.8) is 0 Å². The largest absolute Gasteiger partial charge is 0.489 e. The van der Waals surface area contributed by atoms with Crippen LogP contribution in [0.5, 0.6) is 11.5 Å². The lowest BCUT2D eigenvalue weighted by atomic mass is 10.2. The van der Waals surface area contributed by atoms with E-state index in [1.165, 1.54) is 0 Å². The van der Waals surface area contributed by atoms with Gasteiger partial charge in [-0.3, -0.25) is 0 Å². The summed E-state index contributed by atoms with van der Waals surface area (Å²) in [6.45, 7) is 0.448. The number of nitrogens with zero attached hydrogens (tertiary/aromatic N) is 1. The lowest BCUT2D eigenvalue weighted by molar-refractivity contribution is -0.147. The van der Waals surface area contributed by atoms with Gasteiger partial charge in [0.05, 0.1) is 11.6 Å². The molecule has 3 aromatic rings. The van der Waals surface area contributed by atoms with Gasteiger partial charge >= 0.3 is 5.97 Å².